The third-order valence-corrected chi connectivity index (χ3v) is 2.67. The van der Waals surface area contributed by atoms with Crippen molar-refractivity contribution in [3.8, 4) is 0 Å². The Morgan fingerprint density at radius 2 is 2.41 bits per heavy atom. The first-order chi connectivity index (χ1) is 8.29. The molecule has 1 aromatic rings. The van der Waals surface area contributed by atoms with Gasteiger partial charge in [0.1, 0.15) is 5.82 Å². The molecule has 0 spiro atoms. The van der Waals surface area contributed by atoms with E-state index in [1.54, 1.807) is 19.2 Å². The van der Waals surface area contributed by atoms with Crippen LogP contribution in [0.2, 0.25) is 0 Å². The highest BCUT2D eigenvalue weighted by molar-refractivity contribution is 5.92. The van der Waals surface area contributed by atoms with Gasteiger partial charge in [-0.2, -0.15) is 0 Å². The number of nitrogens with one attached hydrogen (secondary N) is 2. The van der Waals surface area contributed by atoms with Crippen LogP contribution < -0.4 is 10.6 Å². The maximum Gasteiger partial charge on any atom is 0.271 e. The molecule has 1 amide bonds. The Labute approximate surface area is 99.8 Å². The quantitative estimate of drug-likeness (QED) is 0.792. The maximum atomic E-state index is 11.7. The number of carbonyl (C=O) groups excluding carboxylic acids is 1. The van der Waals surface area contributed by atoms with Crippen molar-refractivity contribution in [3.63, 3.8) is 0 Å². The van der Waals surface area contributed by atoms with Gasteiger partial charge in [-0.15, -0.1) is 10.2 Å². The number of nitrogens with zero attached hydrogens (tertiary/aromatic N) is 2. The Hall–Kier alpha value is -1.69. The number of carbonyl (C=O) groups is 1. The molecule has 0 saturated carbocycles. The molecule has 6 nitrogen and oxygen atoms in total. The fourth-order valence-electron chi connectivity index (χ4n) is 1.69. The van der Waals surface area contributed by atoms with E-state index in [1.807, 2.05) is 0 Å². The molecule has 0 aromatic carbocycles. The highest BCUT2D eigenvalue weighted by Gasteiger charge is 2.17. The highest BCUT2D eigenvalue weighted by Crippen LogP contribution is 2.10. The SMILES string of the molecule is CNc1ccc(C(=O)NCC2CCCO2)nn1. The summed E-state index contributed by atoms with van der Waals surface area (Å²) in [5, 5.41) is 13.3. The molecule has 1 aliphatic heterocycles. The molecule has 2 N–H and O–H groups in total. The van der Waals surface area contributed by atoms with E-state index in [0.29, 0.717) is 18.1 Å². The Kier molecular flexibility index (Phi) is 3.87. The van der Waals surface area contributed by atoms with Gasteiger partial charge in [-0.05, 0) is 25.0 Å². The summed E-state index contributed by atoms with van der Waals surface area (Å²) in [5.41, 5.74) is 0.321. The van der Waals surface area contributed by atoms with Crippen molar-refractivity contribution < 1.29 is 9.53 Å². The van der Waals surface area contributed by atoms with E-state index in [0.717, 1.165) is 19.4 Å². The Morgan fingerprint density at radius 3 is 3.00 bits per heavy atom. The van der Waals surface area contributed by atoms with E-state index in [9.17, 15) is 4.79 Å². The van der Waals surface area contributed by atoms with Gasteiger partial charge in [-0.3, -0.25) is 4.79 Å². The molecule has 1 atom stereocenters. The molecule has 1 unspecified atom stereocenters. The molecule has 1 aromatic heterocycles. The molecule has 92 valence electrons. The first kappa shape index (κ1) is 11.8. The second-order valence-corrected chi connectivity index (χ2v) is 3.90. The minimum atomic E-state index is -0.212. The first-order valence-corrected chi connectivity index (χ1v) is 5.71. The van der Waals surface area contributed by atoms with Gasteiger partial charge in [-0.1, -0.05) is 0 Å². The van der Waals surface area contributed by atoms with Gasteiger partial charge in [-0.25, -0.2) is 0 Å². The van der Waals surface area contributed by atoms with Crippen LogP contribution >= 0.6 is 0 Å². The second kappa shape index (κ2) is 5.58. The van der Waals surface area contributed by atoms with E-state index < -0.39 is 0 Å². The lowest BCUT2D eigenvalue weighted by atomic mass is 10.2. The van der Waals surface area contributed by atoms with E-state index >= 15 is 0 Å². The summed E-state index contributed by atoms with van der Waals surface area (Å²) in [4.78, 5) is 11.7. The van der Waals surface area contributed by atoms with Gasteiger partial charge in [0.15, 0.2) is 5.69 Å². The van der Waals surface area contributed by atoms with Crippen LogP contribution in [-0.4, -0.2) is 42.4 Å². The Bertz CT molecular complexity index is 374. The van der Waals surface area contributed by atoms with Crippen molar-refractivity contribution in [3.05, 3.63) is 17.8 Å². The van der Waals surface area contributed by atoms with Crippen LogP contribution in [0.4, 0.5) is 5.82 Å². The number of hydrogen-bond donors (Lipinski definition) is 2. The number of rotatable bonds is 4. The lowest BCUT2D eigenvalue weighted by Crippen LogP contribution is -2.32. The zero-order chi connectivity index (χ0) is 12.1. The predicted molar refractivity (Wildman–Crippen MR) is 62.9 cm³/mol. The molecule has 1 fully saturated rings. The number of amides is 1. The lowest BCUT2D eigenvalue weighted by Gasteiger charge is -2.10. The Morgan fingerprint density at radius 1 is 1.53 bits per heavy atom. The third kappa shape index (κ3) is 3.13. The largest absolute Gasteiger partial charge is 0.376 e. The number of hydrogen-bond acceptors (Lipinski definition) is 5. The molecule has 2 rings (SSSR count). The lowest BCUT2D eigenvalue weighted by molar-refractivity contribution is 0.0853. The fourth-order valence-corrected chi connectivity index (χ4v) is 1.69. The summed E-state index contributed by atoms with van der Waals surface area (Å²) in [6.07, 6.45) is 2.21. The van der Waals surface area contributed by atoms with Gasteiger partial charge in [0, 0.05) is 20.2 Å². The molecule has 1 saturated heterocycles. The topological polar surface area (TPSA) is 76.1 Å². The van der Waals surface area contributed by atoms with Gasteiger partial charge in [0.25, 0.3) is 5.91 Å². The van der Waals surface area contributed by atoms with Gasteiger partial charge >= 0.3 is 0 Å². The molecule has 0 radical (unpaired) electrons. The zero-order valence-corrected chi connectivity index (χ0v) is 9.77. The molecule has 17 heavy (non-hydrogen) atoms. The second-order valence-electron chi connectivity index (χ2n) is 3.90. The first-order valence-electron chi connectivity index (χ1n) is 5.71. The monoisotopic (exact) mass is 236 g/mol. The maximum absolute atomic E-state index is 11.7. The molecule has 1 aliphatic rings. The van der Waals surface area contributed by atoms with Crippen molar-refractivity contribution in [1.82, 2.24) is 15.5 Å². The van der Waals surface area contributed by atoms with Crippen LogP contribution in [-0.2, 0) is 4.74 Å². The summed E-state index contributed by atoms with van der Waals surface area (Å²) >= 11 is 0. The van der Waals surface area contributed by atoms with Crippen LogP contribution in [0.5, 0.6) is 0 Å². The minimum absolute atomic E-state index is 0.142. The minimum Gasteiger partial charge on any atom is -0.376 e. The number of aromatic nitrogens is 2. The van der Waals surface area contributed by atoms with Crippen LogP contribution in [0.25, 0.3) is 0 Å². The Balaban J connectivity index is 1.85. The third-order valence-electron chi connectivity index (χ3n) is 2.67. The fraction of sp³-hybridized carbons (Fsp3) is 0.545. The summed E-state index contributed by atoms with van der Waals surface area (Å²) in [6, 6.07) is 3.36. The van der Waals surface area contributed by atoms with Gasteiger partial charge < -0.3 is 15.4 Å². The number of ether oxygens (including phenoxy) is 1. The molecule has 0 aliphatic carbocycles. The molecule has 2 heterocycles. The smallest absolute Gasteiger partial charge is 0.271 e. The van der Waals surface area contributed by atoms with E-state index in [1.165, 1.54) is 0 Å². The van der Waals surface area contributed by atoms with Crippen LogP contribution in [0.1, 0.15) is 23.3 Å². The summed E-state index contributed by atoms with van der Waals surface area (Å²) in [5.74, 6) is 0.427. The van der Waals surface area contributed by atoms with Gasteiger partial charge in [0.05, 0.1) is 6.10 Å². The summed E-state index contributed by atoms with van der Waals surface area (Å²) in [7, 11) is 1.75. The summed E-state index contributed by atoms with van der Waals surface area (Å²) in [6.45, 7) is 1.32. The van der Waals surface area contributed by atoms with Crippen molar-refractivity contribution in [2.75, 3.05) is 25.5 Å². The van der Waals surface area contributed by atoms with Gasteiger partial charge in [0.2, 0.25) is 0 Å². The van der Waals surface area contributed by atoms with Crippen molar-refractivity contribution in [2.24, 2.45) is 0 Å². The average molecular weight is 236 g/mol. The van der Waals surface area contributed by atoms with Crippen molar-refractivity contribution >= 4 is 11.7 Å². The van der Waals surface area contributed by atoms with E-state index in [-0.39, 0.29) is 12.0 Å². The standard InChI is InChI=1S/C11H16N4O2/c1-12-10-5-4-9(14-15-10)11(16)13-7-8-3-2-6-17-8/h4-5,8H,2-3,6-7H2,1H3,(H,12,15)(H,13,16). The molecule has 0 bridgehead atoms. The van der Waals surface area contributed by atoms with Crippen molar-refractivity contribution in [1.29, 1.82) is 0 Å². The highest BCUT2D eigenvalue weighted by atomic mass is 16.5. The van der Waals surface area contributed by atoms with Crippen LogP contribution in [0, 0.1) is 0 Å². The number of anilines is 1. The summed E-state index contributed by atoms with van der Waals surface area (Å²) < 4.78 is 5.41. The normalized spacial score (nSPS) is 19.0. The molecular formula is C11H16N4O2. The van der Waals surface area contributed by atoms with E-state index in [2.05, 4.69) is 20.8 Å². The van der Waals surface area contributed by atoms with Crippen LogP contribution in [0.3, 0.4) is 0 Å². The van der Waals surface area contributed by atoms with E-state index in [4.69, 9.17) is 4.74 Å². The molecular weight excluding hydrogens is 220 g/mol. The average Bonchev–Trinajstić information content (AvgIpc) is 2.89. The predicted octanol–water partition coefficient (Wildman–Crippen LogP) is 0.427. The zero-order valence-electron chi connectivity index (χ0n) is 9.77. The molecule has 6 heteroatoms. The van der Waals surface area contributed by atoms with Crippen molar-refractivity contribution in [2.45, 2.75) is 18.9 Å². The van der Waals surface area contributed by atoms with Crippen LogP contribution in [0.15, 0.2) is 12.1 Å².